The molecule has 11 heteroatoms. The van der Waals surface area contributed by atoms with Gasteiger partial charge in [0.25, 0.3) is 11.6 Å². The lowest BCUT2D eigenvalue weighted by Crippen LogP contribution is -2.20. The first-order chi connectivity index (χ1) is 13.7. The number of rotatable bonds is 8. The third-order valence-electron chi connectivity index (χ3n) is 3.30. The van der Waals surface area contributed by atoms with E-state index in [0.29, 0.717) is 5.56 Å². The quantitative estimate of drug-likeness (QED) is 0.295. The molecule has 0 aliphatic carbocycles. The molecule has 1 amide bonds. The number of ether oxygens (including phenoxy) is 2. The number of nitrogens with one attached hydrogen (secondary N) is 1. The van der Waals surface area contributed by atoms with E-state index < -0.39 is 30.0 Å². The lowest BCUT2D eigenvalue weighted by atomic mass is 10.2. The van der Waals surface area contributed by atoms with Gasteiger partial charge in [-0.25, -0.2) is 4.79 Å². The van der Waals surface area contributed by atoms with Crippen molar-refractivity contribution in [3.63, 3.8) is 0 Å². The average molecular weight is 427 g/mol. The maximum absolute atomic E-state index is 12.1. The number of halogens is 3. The van der Waals surface area contributed by atoms with Crippen LogP contribution in [0.4, 0.5) is 20.2 Å². The molecule has 29 heavy (non-hydrogen) atoms. The van der Waals surface area contributed by atoms with Gasteiger partial charge >= 0.3 is 12.6 Å². The molecule has 0 heterocycles. The van der Waals surface area contributed by atoms with Crippen LogP contribution in [-0.4, -0.2) is 30.0 Å². The number of carbonyl (C=O) groups excluding carboxylic acids is 2. The van der Waals surface area contributed by atoms with Crippen molar-refractivity contribution in [1.82, 2.24) is 0 Å². The molecular formula is C18H13ClF2N2O6. The van der Waals surface area contributed by atoms with E-state index in [4.69, 9.17) is 16.3 Å². The number of non-ortho nitro benzene ring substituents is 1. The zero-order valence-electron chi connectivity index (χ0n) is 14.5. The second kappa shape index (κ2) is 10.1. The Hall–Kier alpha value is -3.53. The molecule has 2 rings (SSSR count). The van der Waals surface area contributed by atoms with E-state index >= 15 is 0 Å². The molecule has 0 bridgehead atoms. The van der Waals surface area contributed by atoms with Crippen molar-refractivity contribution in [3.8, 4) is 5.75 Å². The van der Waals surface area contributed by atoms with E-state index in [0.717, 1.165) is 12.1 Å². The Morgan fingerprint density at radius 1 is 1.21 bits per heavy atom. The molecule has 0 aliphatic rings. The van der Waals surface area contributed by atoms with Crippen LogP contribution in [0.15, 0.2) is 48.5 Å². The van der Waals surface area contributed by atoms with Gasteiger partial charge in [-0.1, -0.05) is 23.7 Å². The van der Waals surface area contributed by atoms with Crippen LogP contribution in [0, 0.1) is 10.1 Å². The molecule has 0 aliphatic heterocycles. The first-order valence-electron chi connectivity index (χ1n) is 7.88. The number of hydrogen-bond donors (Lipinski definition) is 1. The number of nitrogens with zero attached hydrogens (tertiary/aromatic N) is 1. The monoisotopic (exact) mass is 426 g/mol. The highest BCUT2D eigenvalue weighted by molar-refractivity contribution is 6.33. The van der Waals surface area contributed by atoms with E-state index in [1.165, 1.54) is 42.5 Å². The zero-order valence-corrected chi connectivity index (χ0v) is 15.3. The minimum Gasteiger partial charge on any atom is -0.452 e. The molecule has 0 saturated heterocycles. The van der Waals surface area contributed by atoms with Crippen LogP contribution in [0.3, 0.4) is 0 Å². The highest BCUT2D eigenvalue weighted by atomic mass is 35.5. The van der Waals surface area contributed by atoms with Crippen molar-refractivity contribution in [2.24, 2.45) is 0 Å². The fraction of sp³-hybridized carbons (Fsp3) is 0.111. The summed E-state index contributed by atoms with van der Waals surface area (Å²) in [5, 5.41) is 13.1. The Morgan fingerprint density at radius 3 is 2.52 bits per heavy atom. The summed E-state index contributed by atoms with van der Waals surface area (Å²) in [5.74, 6) is -1.61. The number of benzene rings is 2. The van der Waals surface area contributed by atoms with E-state index in [1.807, 2.05) is 0 Å². The minimum absolute atomic E-state index is 0.00330. The van der Waals surface area contributed by atoms with Gasteiger partial charge < -0.3 is 14.8 Å². The summed E-state index contributed by atoms with van der Waals surface area (Å²) in [6, 6.07) is 8.98. The molecule has 0 atom stereocenters. The normalized spacial score (nSPS) is 10.8. The Bertz CT molecular complexity index is 934. The van der Waals surface area contributed by atoms with Crippen molar-refractivity contribution in [2.75, 3.05) is 11.9 Å². The summed E-state index contributed by atoms with van der Waals surface area (Å²) < 4.78 is 33.1. The molecule has 0 aromatic heterocycles. The lowest BCUT2D eigenvalue weighted by Gasteiger charge is -2.07. The maximum atomic E-state index is 12.1. The SMILES string of the molecule is O=C(COC(=O)/C=C/c1ccc(OC(F)F)cc1)Nc1cc([N+](=O)[O-])ccc1Cl. The van der Waals surface area contributed by atoms with E-state index in [-0.39, 0.29) is 22.1 Å². The molecule has 2 aromatic rings. The third kappa shape index (κ3) is 7.18. The number of esters is 1. The predicted molar refractivity (Wildman–Crippen MR) is 99.8 cm³/mol. The van der Waals surface area contributed by atoms with Gasteiger partial charge in [0, 0.05) is 18.2 Å². The summed E-state index contributed by atoms with van der Waals surface area (Å²) in [6.07, 6.45) is 2.39. The van der Waals surface area contributed by atoms with Crippen LogP contribution in [0.1, 0.15) is 5.56 Å². The maximum Gasteiger partial charge on any atom is 0.387 e. The second-order valence-electron chi connectivity index (χ2n) is 5.36. The highest BCUT2D eigenvalue weighted by Gasteiger charge is 2.13. The van der Waals surface area contributed by atoms with Crippen LogP contribution < -0.4 is 10.1 Å². The van der Waals surface area contributed by atoms with Gasteiger partial charge in [0.1, 0.15) is 5.75 Å². The van der Waals surface area contributed by atoms with Crippen LogP contribution in [-0.2, 0) is 14.3 Å². The number of anilines is 1. The minimum atomic E-state index is -2.94. The molecular weight excluding hydrogens is 414 g/mol. The highest BCUT2D eigenvalue weighted by Crippen LogP contribution is 2.26. The first-order valence-corrected chi connectivity index (χ1v) is 8.26. The van der Waals surface area contributed by atoms with Crippen molar-refractivity contribution < 1.29 is 32.8 Å². The third-order valence-corrected chi connectivity index (χ3v) is 3.63. The molecule has 152 valence electrons. The first kappa shape index (κ1) is 21.8. The number of hydrogen-bond acceptors (Lipinski definition) is 6. The Balaban J connectivity index is 1.85. The summed E-state index contributed by atoms with van der Waals surface area (Å²) in [7, 11) is 0. The van der Waals surface area contributed by atoms with E-state index in [1.54, 1.807) is 0 Å². The smallest absolute Gasteiger partial charge is 0.387 e. The molecule has 0 spiro atoms. The Labute approximate surface area is 167 Å². The second-order valence-corrected chi connectivity index (χ2v) is 5.77. The molecule has 2 aromatic carbocycles. The van der Waals surface area contributed by atoms with Crippen LogP contribution in [0.5, 0.6) is 5.75 Å². The molecule has 8 nitrogen and oxygen atoms in total. The largest absolute Gasteiger partial charge is 0.452 e. The topological polar surface area (TPSA) is 108 Å². The summed E-state index contributed by atoms with van der Waals surface area (Å²) in [5.41, 5.74) is 0.245. The van der Waals surface area contributed by atoms with Crippen molar-refractivity contribution in [1.29, 1.82) is 0 Å². The molecule has 1 N–H and O–H groups in total. The number of alkyl halides is 2. The van der Waals surface area contributed by atoms with Gasteiger partial charge in [0.15, 0.2) is 6.61 Å². The fourth-order valence-corrected chi connectivity index (χ4v) is 2.18. The van der Waals surface area contributed by atoms with Crippen molar-refractivity contribution in [3.05, 3.63) is 69.2 Å². The van der Waals surface area contributed by atoms with Gasteiger partial charge in [-0.3, -0.25) is 14.9 Å². The van der Waals surface area contributed by atoms with Gasteiger partial charge in [0.05, 0.1) is 15.6 Å². The molecule has 0 unspecified atom stereocenters. The van der Waals surface area contributed by atoms with Gasteiger partial charge in [-0.2, -0.15) is 8.78 Å². The van der Waals surface area contributed by atoms with Gasteiger partial charge in [0.2, 0.25) is 0 Å². The van der Waals surface area contributed by atoms with Gasteiger partial charge in [-0.05, 0) is 29.8 Å². The molecule has 0 saturated carbocycles. The van der Waals surface area contributed by atoms with E-state index in [2.05, 4.69) is 10.1 Å². The Kier molecular flexibility index (Phi) is 7.61. The number of nitro benzene ring substituents is 1. The zero-order chi connectivity index (χ0) is 21.4. The summed E-state index contributed by atoms with van der Waals surface area (Å²) in [6.45, 7) is -3.59. The average Bonchev–Trinajstić information content (AvgIpc) is 2.67. The summed E-state index contributed by atoms with van der Waals surface area (Å²) in [4.78, 5) is 33.6. The fourth-order valence-electron chi connectivity index (χ4n) is 2.02. The lowest BCUT2D eigenvalue weighted by molar-refractivity contribution is -0.384. The van der Waals surface area contributed by atoms with Crippen LogP contribution in [0.25, 0.3) is 6.08 Å². The number of nitro groups is 1. The molecule has 0 radical (unpaired) electrons. The molecule has 0 fully saturated rings. The van der Waals surface area contributed by atoms with Crippen LogP contribution in [0.2, 0.25) is 5.02 Å². The summed E-state index contributed by atoms with van der Waals surface area (Å²) >= 11 is 5.86. The standard InChI is InChI=1S/C18H13ClF2N2O6/c19-14-7-4-12(23(26)27)9-15(14)22-16(24)10-28-17(25)8-3-11-1-5-13(6-2-11)29-18(20)21/h1-9,18H,10H2,(H,22,24)/b8-3+. The van der Waals surface area contributed by atoms with Gasteiger partial charge in [-0.15, -0.1) is 0 Å². The predicted octanol–water partition coefficient (Wildman–Crippen LogP) is 4.04. The van der Waals surface area contributed by atoms with E-state index in [9.17, 15) is 28.5 Å². The van der Waals surface area contributed by atoms with Crippen LogP contribution >= 0.6 is 11.6 Å². The number of carbonyl (C=O) groups is 2. The van der Waals surface area contributed by atoms with Crippen molar-refractivity contribution >= 4 is 40.9 Å². The Morgan fingerprint density at radius 2 is 1.90 bits per heavy atom. The number of amides is 1. The van der Waals surface area contributed by atoms with Crippen molar-refractivity contribution in [2.45, 2.75) is 6.61 Å².